The molecule has 0 bridgehead atoms. The molecular weight excluding hydrogens is 228 g/mol. The molecule has 1 aliphatic heterocycles. The minimum Gasteiger partial charge on any atom is -0.366 e. The fourth-order valence-corrected chi connectivity index (χ4v) is 2.50. The van der Waals surface area contributed by atoms with Gasteiger partial charge in [-0.05, 0) is 32.9 Å². The van der Waals surface area contributed by atoms with Crippen LogP contribution in [0.2, 0.25) is 0 Å². The highest BCUT2D eigenvalue weighted by molar-refractivity contribution is 5.94. The normalized spacial score (nSPS) is 24.1. The summed E-state index contributed by atoms with van der Waals surface area (Å²) in [7, 11) is 0. The summed E-state index contributed by atoms with van der Waals surface area (Å²) >= 11 is 0. The van der Waals surface area contributed by atoms with Gasteiger partial charge in [0.15, 0.2) is 0 Å². The lowest BCUT2D eigenvalue weighted by molar-refractivity contribution is 0.0999. The molecule has 1 aromatic heterocycles. The number of nitrogens with one attached hydrogen (secondary N) is 1. The minimum atomic E-state index is -0.423. The lowest BCUT2D eigenvalue weighted by Crippen LogP contribution is -2.54. The van der Waals surface area contributed by atoms with Crippen molar-refractivity contribution in [1.29, 1.82) is 0 Å². The van der Waals surface area contributed by atoms with E-state index in [9.17, 15) is 4.79 Å². The molecule has 98 valence electrons. The van der Waals surface area contributed by atoms with Gasteiger partial charge in [-0.1, -0.05) is 0 Å². The van der Waals surface area contributed by atoms with Crippen molar-refractivity contribution in [1.82, 2.24) is 10.3 Å². The number of piperazine rings is 1. The highest BCUT2D eigenvalue weighted by atomic mass is 16.1. The molecule has 5 heteroatoms. The Balaban J connectivity index is 2.23. The molecule has 2 rings (SSSR count). The Morgan fingerprint density at radius 3 is 2.50 bits per heavy atom. The van der Waals surface area contributed by atoms with Crippen molar-refractivity contribution < 1.29 is 4.79 Å². The Hall–Kier alpha value is -1.62. The van der Waals surface area contributed by atoms with E-state index >= 15 is 0 Å². The second-order valence-corrected chi connectivity index (χ2v) is 5.04. The Morgan fingerprint density at radius 2 is 2.00 bits per heavy atom. The standard InChI is InChI=1S/C13H20N4O/c1-8-6-17(7-9(2)15-8)12-5-4-11(13(14)18)10(3)16-12/h4-5,8-9,15H,6-7H2,1-3H3,(H2,14,18)/t8-,9+. The number of anilines is 1. The van der Waals surface area contributed by atoms with Gasteiger partial charge in [0.05, 0.1) is 11.3 Å². The fraction of sp³-hybridized carbons (Fsp3) is 0.538. The first kappa shape index (κ1) is 12.8. The summed E-state index contributed by atoms with van der Waals surface area (Å²) in [4.78, 5) is 17.9. The Bertz CT molecular complexity index is 450. The lowest BCUT2D eigenvalue weighted by atomic mass is 10.1. The van der Waals surface area contributed by atoms with Crippen molar-refractivity contribution in [2.45, 2.75) is 32.9 Å². The van der Waals surface area contributed by atoms with Crippen LogP contribution in [0.1, 0.15) is 29.9 Å². The average Bonchev–Trinajstić information content (AvgIpc) is 2.26. The zero-order valence-corrected chi connectivity index (χ0v) is 11.1. The molecular formula is C13H20N4O. The monoisotopic (exact) mass is 248 g/mol. The summed E-state index contributed by atoms with van der Waals surface area (Å²) in [5.74, 6) is 0.492. The van der Waals surface area contributed by atoms with Gasteiger partial charge in [0.25, 0.3) is 5.91 Å². The van der Waals surface area contributed by atoms with Crippen LogP contribution in [0.4, 0.5) is 5.82 Å². The maximum absolute atomic E-state index is 11.2. The molecule has 1 aromatic rings. The van der Waals surface area contributed by atoms with Gasteiger partial charge in [-0.15, -0.1) is 0 Å². The number of aromatic nitrogens is 1. The van der Waals surface area contributed by atoms with Crippen molar-refractivity contribution in [3.8, 4) is 0 Å². The smallest absolute Gasteiger partial charge is 0.250 e. The maximum Gasteiger partial charge on any atom is 0.250 e. The predicted molar refractivity (Wildman–Crippen MR) is 71.8 cm³/mol. The number of aryl methyl sites for hydroxylation is 1. The predicted octanol–water partition coefficient (Wildman–Crippen LogP) is 0.676. The number of hydrogen-bond donors (Lipinski definition) is 2. The fourth-order valence-electron chi connectivity index (χ4n) is 2.50. The van der Waals surface area contributed by atoms with Crippen LogP contribution in [0, 0.1) is 6.92 Å². The highest BCUT2D eigenvalue weighted by Crippen LogP contribution is 2.17. The van der Waals surface area contributed by atoms with Crippen molar-refractivity contribution in [3.05, 3.63) is 23.4 Å². The SMILES string of the molecule is Cc1nc(N2C[C@@H](C)N[C@@H](C)C2)ccc1C(N)=O. The van der Waals surface area contributed by atoms with E-state index in [0.717, 1.165) is 18.9 Å². The minimum absolute atomic E-state index is 0.423. The van der Waals surface area contributed by atoms with Gasteiger partial charge in [0.1, 0.15) is 5.82 Å². The van der Waals surface area contributed by atoms with E-state index in [0.29, 0.717) is 23.3 Å². The second-order valence-electron chi connectivity index (χ2n) is 5.04. The van der Waals surface area contributed by atoms with Gasteiger partial charge in [0.2, 0.25) is 0 Å². The first-order valence-electron chi connectivity index (χ1n) is 6.26. The molecule has 0 aliphatic carbocycles. The third kappa shape index (κ3) is 2.61. The van der Waals surface area contributed by atoms with E-state index in [1.165, 1.54) is 0 Å². The van der Waals surface area contributed by atoms with Gasteiger partial charge in [0, 0.05) is 25.2 Å². The van der Waals surface area contributed by atoms with Crippen LogP contribution in [0.3, 0.4) is 0 Å². The van der Waals surface area contributed by atoms with Gasteiger partial charge in [-0.2, -0.15) is 0 Å². The van der Waals surface area contributed by atoms with E-state index in [1.807, 2.05) is 13.0 Å². The number of nitrogens with zero attached hydrogens (tertiary/aromatic N) is 2. The first-order chi connectivity index (χ1) is 8.47. The molecule has 1 amide bonds. The molecule has 0 unspecified atom stereocenters. The number of nitrogens with two attached hydrogens (primary N) is 1. The summed E-state index contributed by atoms with van der Waals surface area (Å²) in [5, 5.41) is 3.48. The van der Waals surface area contributed by atoms with Crippen LogP contribution >= 0.6 is 0 Å². The molecule has 5 nitrogen and oxygen atoms in total. The number of carbonyl (C=O) groups excluding carboxylic acids is 1. The van der Waals surface area contributed by atoms with Crippen LogP contribution in [0.25, 0.3) is 0 Å². The van der Waals surface area contributed by atoms with Crippen LogP contribution in [-0.2, 0) is 0 Å². The summed E-state index contributed by atoms with van der Waals surface area (Å²) in [5.41, 5.74) is 6.47. The van der Waals surface area contributed by atoms with Crippen LogP contribution < -0.4 is 16.0 Å². The summed E-state index contributed by atoms with van der Waals surface area (Å²) in [6.45, 7) is 7.98. The number of rotatable bonds is 2. The largest absolute Gasteiger partial charge is 0.366 e. The van der Waals surface area contributed by atoms with Crippen molar-refractivity contribution in [2.75, 3.05) is 18.0 Å². The molecule has 2 heterocycles. The third-order valence-corrected chi connectivity index (χ3v) is 3.22. The Kier molecular flexibility index (Phi) is 3.52. The Morgan fingerprint density at radius 1 is 1.39 bits per heavy atom. The highest BCUT2D eigenvalue weighted by Gasteiger charge is 2.22. The molecule has 0 saturated carbocycles. The van der Waals surface area contributed by atoms with Crippen LogP contribution in [0.15, 0.2) is 12.1 Å². The number of amides is 1. The van der Waals surface area contributed by atoms with Gasteiger partial charge in [-0.3, -0.25) is 4.79 Å². The zero-order valence-electron chi connectivity index (χ0n) is 11.1. The number of carbonyl (C=O) groups is 1. The molecule has 2 atom stereocenters. The van der Waals surface area contributed by atoms with Crippen molar-refractivity contribution in [2.24, 2.45) is 5.73 Å². The van der Waals surface area contributed by atoms with Gasteiger partial charge >= 0.3 is 0 Å². The molecule has 1 saturated heterocycles. The molecule has 3 N–H and O–H groups in total. The number of pyridine rings is 1. The summed E-state index contributed by atoms with van der Waals surface area (Å²) < 4.78 is 0. The summed E-state index contributed by atoms with van der Waals surface area (Å²) in [6.07, 6.45) is 0. The van der Waals surface area contributed by atoms with Gasteiger partial charge < -0.3 is 16.0 Å². The first-order valence-corrected chi connectivity index (χ1v) is 6.26. The topological polar surface area (TPSA) is 71.2 Å². The number of hydrogen-bond acceptors (Lipinski definition) is 4. The van der Waals surface area contributed by atoms with E-state index in [4.69, 9.17) is 5.73 Å². The molecule has 0 aromatic carbocycles. The van der Waals surface area contributed by atoms with E-state index < -0.39 is 5.91 Å². The Labute approximate surface area is 107 Å². The molecule has 1 fully saturated rings. The molecule has 1 aliphatic rings. The van der Waals surface area contributed by atoms with Crippen molar-refractivity contribution >= 4 is 11.7 Å². The van der Waals surface area contributed by atoms with Crippen LogP contribution in [0.5, 0.6) is 0 Å². The maximum atomic E-state index is 11.2. The molecule has 0 radical (unpaired) electrons. The van der Waals surface area contributed by atoms with Crippen molar-refractivity contribution in [3.63, 3.8) is 0 Å². The van der Waals surface area contributed by atoms with E-state index in [-0.39, 0.29) is 0 Å². The molecule has 0 spiro atoms. The zero-order chi connectivity index (χ0) is 13.3. The van der Waals surface area contributed by atoms with E-state index in [1.54, 1.807) is 6.07 Å². The quantitative estimate of drug-likeness (QED) is 0.807. The lowest BCUT2D eigenvalue weighted by Gasteiger charge is -2.37. The average molecular weight is 248 g/mol. The number of primary amides is 1. The second kappa shape index (κ2) is 4.94. The third-order valence-electron chi connectivity index (χ3n) is 3.22. The van der Waals surface area contributed by atoms with E-state index in [2.05, 4.69) is 29.0 Å². The van der Waals surface area contributed by atoms with Crippen LogP contribution in [-0.4, -0.2) is 36.1 Å². The molecule has 18 heavy (non-hydrogen) atoms. The van der Waals surface area contributed by atoms with Gasteiger partial charge in [-0.25, -0.2) is 4.98 Å². The summed E-state index contributed by atoms with van der Waals surface area (Å²) in [6, 6.07) is 4.51.